The highest BCUT2D eigenvalue weighted by Crippen LogP contribution is 2.38. The maximum Gasteiger partial charge on any atom is 0.336 e. The molecule has 2 aliphatic heterocycles. The monoisotopic (exact) mass is 261 g/mol. The molecule has 1 saturated heterocycles. The summed E-state index contributed by atoms with van der Waals surface area (Å²) < 4.78 is 5.09. The van der Waals surface area contributed by atoms with Crippen LogP contribution in [0.3, 0.4) is 0 Å². The third-order valence-electron chi connectivity index (χ3n) is 4.30. The molecule has 4 nitrogen and oxygen atoms in total. The number of rotatable bonds is 2. The number of piperidine rings is 1. The van der Waals surface area contributed by atoms with E-state index in [9.17, 15) is 9.59 Å². The van der Waals surface area contributed by atoms with E-state index in [1.54, 1.807) is 6.92 Å². The van der Waals surface area contributed by atoms with Crippen molar-refractivity contribution >= 4 is 11.8 Å². The van der Waals surface area contributed by atoms with Crippen molar-refractivity contribution in [3.63, 3.8) is 0 Å². The van der Waals surface area contributed by atoms with Gasteiger partial charge in [-0.3, -0.25) is 4.79 Å². The first-order valence-corrected chi connectivity index (χ1v) is 7.07. The van der Waals surface area contributed by atoms with Crippen LogP contribution in [0.5, 0.6) is 0 Å². The Morgan fingerprint density at radius 1 is 1.53 bits per heavy atom. The van der Waals surface area contributed by atoms with Crippen LogP contribution in [0.2, 0.25) is 0 Å². The molecule has 0 N–H and O–H groups in total. The van der Waals surface area contributed by atoms with Gasteiger partial charge < -0.3 is 9.64 Å². The first-order chi connectivity index (χ1) is 9.22. The Hall–Kier alpha value is -1.58. The van der Waals surface area contributed by atoms with Crippen molar-refractivity contribution in [2.24, 2.45) is 11.8 Å². The largest absolute Gasteiger partial charge is 0.463 e. The zero-order valence-corrected chi connectivity index (χ0v) is 11.2. The molecule has 102 valence electrons. The molecule has 19 heavy (non-hydrogen) atoms. The number of hydrogen-bond acceptors (Lipinski definition) is 4. The van der Waals surface area contributed by atoms with Gasteiger partial charge in [0.2, 0.25) is 0 Å². The molecule has 0 amide bonds. The second-order valence-electron chi connectivity index (χ2n) is 5.41. The van der Waals surface area contributed by atoms with Crippen LogP contribution in [-0.2, 0) is 14.3 Å². The van der Waals surface area contributed by atoms with Gasteiger partial charge in [0.05, 0.1) is 24.1 Å². The molecule has 4 heteroatoms. The molecule has 1 aliphatic carbocycles. The fourth-order valence-electron chi connectivity index (χ4n) is 3.44. The van der Waals surface area contributed by atoms with Gasteiger partial charge in [0.1, 0.15) is 0 Å². The zero-order valence-electron chi connectivity index (χ0n) is 11.2. The topological polar surface area (TPSA) is 46.6 Å². The van der Waals surface area contributed by atoms with Crippen molar-refractivity contribution in [1.82, 2.24) is 4.90 Å². The van der Waals surface area contributed by atoms with Crippen molar-refractivity contribution < 1.29 is 14.3 Å². The average molecular weight is 261 g/mol. The highest BCUT2D eigenvalue weighted by atomic mass is 16.5. The maximum absolute atomic E-state index is 12.6. The number of esters is 1. The van der Waals surface area contributed by atoms with Crippen LogP contribution in [0.1, 0.15) is 26.2 Å². The molecule has 0 aromatic heterocycles. The lowest BCUT2D eigenvalue weighted by Crippen LogP contribution is -2.52. The van der Waals surface area contributed by atoms with E-state index in [0.717, 1.165) is 19.4 Å². The normalized spacial score (nSPS) is 32.7. The zero-order chi connectivity index (χ0) is 13.4. The molecule has 0 radical (unpaired) electrons. The van der Waals surface area contributed by atoms with Crippen molar-refractivity contribution in [3.8, 4) is 0 Å². The first-order valence-electron chi connectivity index (χ1n) is 7.07. The van der Waals surface area contributed by atoms with E-state index in [1.165, 1.54) is 0 Å². The second kappa shape index (κ2) is 4.83. The van der Waals surface area contributed by atoms with Crippen LogP contribution >= 0.6 is 0 Å². The molecular weight excluding hydrogens is 242 g/mol. The van der Waals surface area contributed by atoms with E-state index in [4.69, 9.17) is 4.74 Å². The number of nitrogens with zero attached hydrogens (tertiary/aromatic N) is 1. The number of hydrogen-bond donors (Lipinski definition) is 0. The number of ether oxygens (including phenoxy) is 1. The summed E-state index contributed by atoms with van der Waals surface area (Å²) in [6.45, 7) is 2.99. The minimum absolute atomic E-state index is 0.0596. The van der Waals surface area contributed by atoms with Gasteiger partial charge in [-0.25, -0.2) is 4.79 Å². The molecule has 2 bridgehead atoms. The summed E-state index contributed by atoms with van der Waals surface area (Å²) in [6.07, 6.45) is 8.87. The highest BCUT2D eigenvalue weighted by Gasteiger charge is 2.45. The minimum atomic E-state index is -0.336. The van der Waals surface area contributed by atoms with Crippen molar-refractivity contribution in [2.75, 3.05) is 13.2 Å². The molecule has 0 saturated carbocycles. The van der Waals surface area contributed by atoms with Gasteiger partial charge in [-0.1, -0.05) is 12.2 Å². The minimum Gasteiger partial charge on any atom is -0.463 e. The van der Waals surface area contributed by atoms with E-state index in [0.29, 0.717) is 24.5 Å². The number of carbonyl (C=O) groups is 2. The van der Waals surface area contributed by atoms with Crippen LogP contribution in [0.4, 0.5) is 0 Å². The third kappa shape index (κ3) is 1.99. The Bertz CT molecular complexity index is 466. The SMILES string of the molecule is CCOC(=O)C1=CN2CCC[C@@H]3C=CC[C@@H]1C(=O)[C@H]32. The highest BCUT2D eigenvalue weighted by molar-refractivity contribution is 6.01. The number of ketones is 1. The van der Waals surface area contributed by atoms with Crippen LogP contribution in [-0.4, -0.2) is 35.8 Å². The molecular formula is C15H19NO3. The summed E-state index contributed by atoms with van der Waals surface area (Å²) in [5, 5.41) is 0. The van der Waals surface area contributed by atoms with Gasteiger partial charge in [0.25, 0.3) is 0 Å². The summed E-state index contributed by atoms with van der Waals surface area (Å²) in [7, 11) is 0. The lowest BCUT2D eigenvalue weighted by molar-refractivity contribution is -0.142. The predicted octanol–water partition coefficient (Wildman–Crippen LogP) is 1.67. The number of fused-ring (bicyclic) bond motifs is 1. The molecule has 0 aromatic carbocycles. The number of carbonyl (C=O) groups excluding carboxylic acids is 2. The molecule has 2 heterocycles. The van der Waals surface area contributed by atoms with Gasteiger partial charge >= 0.3 is 5.97 Å². The van der Waals surface area contributed by atoms with E-state index in [-0.39, 0.29) is 23.7 Å². The lowest BCUT2D eigenvalue weighted by Gasteiger charge is -2.42. The van der Waals surface area contributed by atoms with Crippen molar-refractivity contribution in [2.45, 2.75) is 32.2 Å². The molecule has 3 atom stereocenters. The predicted molar refractivity (Wildman–Crippen MR) is 70.2 cm³/mol. The Labute approximate surface area is 113 Å². The standard InChI is InChI=1S/C15H19NO3/c1-2-19-15(18)12-9-16-8-4-6-10-5-3-7-11(12)14(17)13(10)16/h3,5,9-11,13H,2,4,6-8H2,1H3/t10-,11-,13-/m0/s1. The summed E-state index contributed by atoms with van der Waals surface area (Å²) >= 11 is 0. The van der Waals surface area contributed by atoms with Gasteiger partial charge in [-0.05, 0) is 26.2 Å². The Kier molecular flexibility index (Phi) is 3.17. The van der Waals surface area contributed by atoms with Gasteiger partial charge in [-0.15, -0.1) is 0 Å². The van der Waals surface area contributed by atoms with Crippen molar-refractivity contribution in [3.05, 3.63) is 23.9 Å². The van der Waals surface area contributed by atoms with Gasteiger partial charge in [0, 0.05) is 18.7 Å². The van der Waals surface area contributed by atoms with Crippen LogP contribution < -0.4 is 0 Å². The molecule has 3 rings (SSSR count). The lowest BCUT2D eigenvalue weighted by atomic mass is 9.79. The van der Waals surface area contributed by atoms with E-state index in [1.807, 2.05) is 6.20 Å². The number of Topliss-reactive ketones (excluding diaryl/α,β-unsaturated/α-hetero) is 1. The summed E-state index contributed by atoms with van der Waals surface area (Å²) in [6, 6.07) is -0.0596. The maximum atomic E-state index is 12.6. The van der Waals surface area contributed by atoms with E-state index >= 15 is 0 Å². The quantitative estimate of drug-likeness (QED) is 0.560. The third-order valence-corrected chi connectivity index (χ3v) is 4.30. The summed E-state index contributed by atoms with van der Waals surface area (Å²) in [4.78, 5) is 26.7. The smallest absolute Gasteiger partial charge is 0.336 e. The Morgan fingerprint density at radius 3 is 3.16 bits per heavy atom. The molecule has 0 spiro atoms. The van der Waals surface area contributed by atoms with Gasteiger partial charge in [-0.2, -0.15) is 0 Å². The van der Waals surface area contributed by atoms with Crippen LogP contribution in [0, 0.1) is 11.8 Å². The average Bonchev–Trinajstić information content (AvgIpc) is 2.54. The summed E-state index contributed by atoms with van der Waals surface area (Å²) in [5.41, 5.74) is 0.537. The van der Waals surface area contributed by atoms with Gasteiger partial charge in [0.15, 0.2) is 5.78 Å². The van der Waals surface area contributed by atoms with E-state index < -0.39 is 0 Å². The Balaban J connectivity index is 1.99. The Morgan fingerprint density at radius 2 is 2.37 bits per heavy atom. The fraction of sp³-hybridized carbons (Fsp3) is 0.600. The molecule has 0 unspecified atom stereocenters. The molecule has 1 fully saturated rings. The van der Waals surface area contributed by atoms with E-state index in [2.05, 4.69) is 17.1 Å². The van der Waals surface area contributed by atoms with Crippen LogP contribution in [0.15, 0.2) is 23.9 Å². The first kappa shape index (κ1) is 12.5. The second-order valence-corrected chi connectivity index (χ2v) is 5.41. The summed E-state index contributed by atoms with van der Waals surface area (Å²) in [5.74, 6) is -0.136. The van der Waals surface area contributed by atoms with Crippen molar-refractivity contribution in [1.29, 1.82) is 0 Å². The van der Waals surface area contributed by atoms with Crippen LogP contribution in [0.25, 0.3) is 0 Å². The number of allylic oxidation sites excluding steroid dienone is 1. The fourth-order valence-corrected chi connectivity index (χ4v) is 3.44. The molecule has 0 aromatic rings. The molecule has 3 aliphatic rings.